The molecule has 3 aromatic rings. The molecule has 0 spiro atoms. The van der Waals surface area contributed by atoms with E-state index >= 15 is 0 Å². The summed E-state index contributed by atoms with van der Waals surface area (Å²) in [7, 11) is 0. The first-order chi connectivity index (χ1) is 15.6. The molecule has 0 unspecified atom stereocenters. The number of carbonyl (C=O) groups excluding carboxylic acids is 1. The Kier molecular flexibility index (Phi) is 8.72. The molecule has 170 valence electrons. The second-order valence-corrected chi connectivity index (χ2v) is 7.77. The van der Waals surface area contributed by atoms with Gasteiger partial charge in [0.25, 0.3) is 0 Å². The van der Waals surface area contributed by atoms with Gasteiger partial charge in [-0.05, 0) is 67.4 Å². The van der Waals surface area contributed by atoms with Crippen molar-refractivity contribution in [2.24, 2.45) is 0 Å². The minimum Gasteiger partial charge on any atom is -0.494 e. The number of nitrogens with zero attached hydrogens (tertiary/aromatic N) is 2. The molecule has 2 aromatic carbocycles. The zero-order valence-electron chi connectivity index (χ0n) is 18.9. The fourth-order valence-electron chi connectivity index (χ4n) is 3.58. The lowest BCUT2D eigenvalue weighted by molar-refractivity contribution is 0.206. The zero-order chi connectivity index (χ0) is 22.8. The Labute approximate surface area is 189 Å². The Morgan fingerprint density at radius 2 is 1.88 bits per heavy atom. The van der Waals surface area contributed by atoms with Gasteiger partial charge < -0.3 is 19.5 Å². The van der Waals surface area contributed by atoms with E-state index in [0.29, 0.717) is 26.2 Å². The molecule has 1 N–H and O–H groups in total. The van der Waals surface area contributed by atoms with E-state index in [-0.39, 0.29) is 11.8 Å². The molecule has 0 fully saturated rings. The normalized spacial score (nSPS) is 10.7. The van der Waals surface area contributed by atoms with Crippen LogP contribution in [-0.2, 0) is 13.1 Å². The maximum atomic E-state index is 13.6. The summed E-state index contributed by atoms with van der Waals surface area (Å²) in [6.07, 6.45) is 5.06. The predicted octanol–water partition coefficient (Wildman–Crippen LogP) is 6.30. The monoisotopic (exact) mass is 437 g/mol. The molecular weight excluding hydrogens is 405 g/mol. The van der Waals surface area contributed by atoms with E-state index in [1.165, 1.54) is 6.07 Å². The van der Waals surface area contributed by atoms with Crippen molar-refractivity contribution < 1.29 is 13.9 Å². The fraction of sp³-hybridized carbons (Fsp3) is 0.346. The molecule has 0 atom stereocenters. The van der Waals surface area contributed by atoms with Crippen LogP contribution >= 0.6 is 0 Å². The maximum Gasteiger partial charge on any atom is 0.322 e. The van der Waals surface area contributed by atoms with Crippen LogP contribution in [0.1, 0.15) is 44.4 Å². The summed E-state index contributed by atoms with van der Waals surface area (Å²) >= 11 is 0. The van der Waals surface area contributed by atoms with Crippen molar-refractivity contribution in [3.05, 3.63) is 83.9 Å². The molecule has 32 heavy (non-hydrogen) atoms. The molecule has 0 aliphatic carbocycles. The Hall–Kier alpha value is -3.28. The number of nitrogens with one attached hydrogen (secondary N) is 1. The quantitative estimate of drug-likeness (QED) is 0.358. The number of carbonyl (C=O) groups is 1. The van der Waals surface area contributed by atoms with Gasteiger partial charge in [0.15, 0.2) is 0 Å². The van der Waals surface area contributed by atoms with Crippen LogP contribution in [0.5, 0.6) is 5.75 Å². The summed E-state index contributed by atoms with van der Waals surface area (Å²) in [6.45, 7) is 6.40. The van der Waals surface area contributed by atoms with Crippen molar-refractivity contribution in [2.75, 3.05) is 18.5 Å². The number of hydrogen-bond acceptors (Lipinski definition) is 2. The van der Waals surface area contributed by atoms with Crippen LogP contribution in [-0.4, -0.2) is 28.6 Å². The van der Waals surface area contributed by atoms with Gasteiger partial charge in [-0.25, -0.2) is 9.18 Å². The second kappa shape index (κ2) is 11.9. The molecule has 1 aromatic heterocycles. The molecule has 6 heteroatoms. The first-order valence-electron chi connectivity index (χ1n) is 11.3. The number of anilines is 1. The fourth-order valence-corrected chi connectivity index (χ4v) is 3.58. The smallest absolute Gasteiger partial charge is 0.322 e. The van der Waals surface area contributed by atoms with Crippen LogP contribution in [0, 0.1) is 5.82 Å². The number of hydrogen-bond donors (Lipinski definition) is 1. The van der Waals surface area contributed by atoms with Crippen LogP contribution in [0.2, 0.25) is 0 Å². The Morgan fingerprint density at radius 3 is 2.59 bits per heavy atom. The molecule has 0 saturated carbocycles. The van der Waals surface area contributed by atoms with Crippen molar-refractivity contribution in [2.45, 2.75) is 46.2 Å². The number of halogens is 1. The second-order valence-electron chi connectivity index (χ2n) is 7.77. The molecule has 0 saturated heterocycles. The first kappa shape index (κ1) is 23.4. The van der Waals surface area contributed by atoms with Crippen LogP contribution in [0.3, 0.4) is 0 Å². The van der Waals surface area contributed by atoms with Gasteiger partial charge in [-0.1, -0.05) is 31.9 Å². The topological polar surface area (TPSA) is 46.5 Å². The standard InChI is InChI=1S/C26H32FN3O2/c1-3-5-6-16-30(26(31)28-23-12-14-25(15-13-23)32-4-2)20-24-11-8-17-29(24)19-21-9-7-10-22(27)18-21/h7-15,17-18H,3-6,16,19-20H2,1-2H3,(H,28,31). The summed E-state index contributed by atoms with van der Waals surface area (Å²) in [4.78, 5) is 14.9. The van der Waals surface area contributed by atoms with Gasteiger partial charge in [0.05, 0.1) is 13.2 Å². The lowest BCUT2D eigenvalue weighted by Crippen LogP contribution is -2.36. The van der Waals surface area contributed by atoms with E-state index in [4.69, 9.17) is 4.74 Å². The molecule has 0 radical (unpaired) electrons. The van der Waals surface area contributed by atoms with Gasteiger partial charge in [0.2, 0.25) is 0 Å². The van der Waals surface area contributed by atoms with E-state index in [1.807, 2.05) is 60.5 Å². The SMILES string of the molecule is CCCCCN(Cc1cccn1Cc1cccc(F)c1)C(=O)Nc1ccc(OCC)cc1. The number of unbranched alkanes of at least 4 members (excludes halogenated alkanes) is 2. The molecule has 1 heterocycles. The van der Waals surface area contributed by atoms with Crippen LogP contribution < -0.4 is 10.1 Å². The summed E-state index contributed by atoms with van der Waals surface area (Å²) < 4.78 is 21.1. The lowest BCUT2D eigenvalue weighted by atomic mass is 10.2. The average molecular weight is 438 g/mol. The van der Waals surface area contributed by atoms with E-state index in [2.05, 4.69) is 16.8 Å². The molecular formula is C26H32FN3O2. The third-order valence-electron chi connectivity index (χ3n) is 5.25. The van der Waals surface area contributed by atoms with E-state index in [9.17, 15) is 9.18 Å². The molecule has 0 bridgehead atoms. The van der Waals surface area contributed by atoms with Gasteiger partial charge in [-0.2, -0.15) is 0 Å². The van der Waals surface area contributed by atoms with Crippen LogP contribution in [0.25, 0.3) is 0 Å². The van der Waals surface area contributed by atoms with Gasteiger partial charge in [-0.3, -0.25) is 0 Å². The Morgan fingerprint density at radius 1 is 1.06 bits per heavy atom. The Bertz CT molecular complexity index is 985. The third kappa shape index (κ3) is 6.87. The summed E-state index contributed by atoms with van der Waals surface area (Å²) in [5.41, 5.74) is 2.63. The third-order valence-corrected chi connectivity index (χ3v) is 5.25. The minimum atomic E-state index is -0.243. The highest BCUT2D eigenvalue weighted by atomic mass is 19.1. The van der Waals surface area contributed by atoms with Crippen molar-refractivity contribution in [1.82, 2.24) is 9.47 Å². The maximum absolute atomic E-state index is 13.6. The zero-order valence-corrected chi connectivity index (χ0v) is 18.9. The first-order valence-corrected chi connectivity index (χ1v) is 11.3. The predicted molar refractivity (Wildman–Crippen MR) is 126 cm³/mol. The number of benzene rings is 2. The summed E-state index contributed by atoms with van der Waals surface area (Å²) in [5.74, 6) is 0.535. The minimum absolute atomic E-state index is 0.135. The number of rotatable bonds is 11. The summed E-state index contributed by atoms with van der Waals surface area (Å²) in [5, 5.41) is 3.00. The van der Waals surface area contributed by atoms with Gasteiger partial charge in [0, 0.05) is 30.7 Å². The van der Waals surface area contributed by atoms with E-state index in [1.54, 1.807) is 12.1 Å². The average Bonchev–Trinajstić information content (AvgIpc) is 3.21. The van der Waals surface area contributed by atoms with Crippen molar-refractivity contribution in [3.63, 3.8) is 0 Å². The van der Waals surface area contributed by atoms with Crippen LogP contribution in [0.15, 0.2) is 66.9 Å². The number of aromatic nitrogens is 1. The molecule has 0 aliphatic rings. The highest BCUT2D eigenvalue weighted by Crippen LogP contribution is 2.18. The Balaban J connectivity index is 1.70. The number of urea groups is 1. The number of amides is 2. The highest BCUT2D eigenvalue weighted by molar-refractivity contribution is 5.89. The van der Waals surface area contributed by atoms with Gasteiger partial charge in [-0.15, -0.1) is 0 Å². The highest BCUT2D eigenvalue weighted by Gasteiger charge is 2.16. The molecule has 5 nitrogen and oxygen atoms in total. The largest absolute Gasteiger partial charge is 0.494 e. The van der Waals surface area contributed by atoms with E-state index in [0.717, 1.165) is 42.0 Å². The molecule has 0 aliphatic heterocycles. The molecule has 3 rings (SSSR count). The molecule has 2 amide bonds. The van der Waals surface area contributed by atoms with Gasteiger partial charge >= 0.3 is 6.03 Å². The van der Waals surface area contributed by atoms with Gasteiger partial charge in [0.1, 0.15) is 11.6 Å². The number of ether oxygens (including phenoxy) is 1. The van der Waals surface area contributed by atoms with Crippen LogP contribution in [0.4, 0.5) is 14.9 Å². The van der Waals surface area contributed by atoms with Crippen molar-refractivity contribution >= 4 is 11.7 Å². The summed E-state index contributed by atoms with van der Waals surface area (Å²) in [6, 6.07) is 17.8. The van der Waals surface area contributed by atoms with Crippen molar-refractivity contribution in [3.8, 4) is 5.75 Å². The van der Waals surface area contributed by atoms with Crippen molar-refractivity contribution in [1.29, 1.82) is 0 Å². The van der Waals surface area contributed by atoms with E-state index < -0.39 is 0 Å². The lowest BCUT2D eigenvalue weighted by Gasteiger charge is -2.24.